The van der Waals surface area contributed by atoms with Gasteiger partial charge in [0.15, 0.2) is 0 Å². The van der Waals surface area contributed by atoms with E-state index in [0.29, 0.717) is 12.1 Å². The van der Waals surface area contributed by atoms with Gasteiger partial charge in [0.1, 0.15) is 6.04 Å². The smallest absolute Gasteiger partial charge is 0.108 e. The Labute approximate surface area is 73.1 Å². The van der Waals surface area contributed by atoms with Gasteiger partial charge >= 0.3 is 0 Å². The molecule has 3 heteroatoms. The molecule has 0 amide bonds. The Morgan fingerprint density at radius 2 is 1.92 bits per heavy atom. The molecule has 1 aliphatic heterocycles. The summed E-state index contributed by atoms with van der Waals surface area (Å²) in [5, 5.41) is 15.5. The maximum Gasteiger partial charge on any atom is 0.108 e. The highest BCUT2D eigenvalue weighted by Crippen LogP contribution is 2.20. The molecule has 12 heavy (non-hydrogen) atoms. The van der Waals surface area contributed by atoms with Crippen LogP contribution in [0.25, 0.3) is 0 Å². The van der Waals surface area contributed by atoms with Crippen molar-refractivity contribution in [2.45, 2.75) is 43.8 Å². The van der Waals surface area contributed by atoms with Gasteiger partial charge in [0.05, 0.1) is 6.07 Å². The molecule has 2 rings (SSSR count). The second kappa shape index (κ2) is 3.42. The quantitative estimate of drug-likeness (QED) is 0.545. The first kappa shape index (κ1) is 8.03. The van der Waals surface area contributed by atoms with Crippen LogP contribution in [0.3, 0.4) is 0 Å². The van der Waals surface area contributed by atoms with Crippen LogP contribution in [0, 0.1) is 11.3 Å². The zero-order valence-electron chi connectivity index (χ0n) is 7.21. The highest BCUT2D eigenvalue weighted by Gasteiger charge is 2.30. The third-order valence-electron chi connectivity index (χ3n) is 2.92. The fraction of sp³-hybridized carbons (Fsp3) is 0.889. The van der Waals surface area contributed by atoms with E-state index >= 15 is 0 Å². The number of hydrogen-bond acceptors (Lipinski definition) is 3. The summed E-state index contributed by atoms with van der Waals surface area (Å²) >= 11 is 0. The predicted octanol–water partition coefficient (Wildman–Crippen LogP) is 0.383. The van der Waals surface area contributed by atoms with Crippen molar-refractivity contribution in [3.05, 3.63) is 0 Å². The molecule has 2 N–H and O–H groups in total. The monoisotopic (exact) mass is 165 g/mol. The molecule has 1 aliphatic carbocycles. The Bertz CT molecular complexity index is 196. The van der Waals surface area contributed by atoms with Gasteiger partial charge in [-0.1, -0.05) is 12.8 Å². The number of nitrogens with zero attached hydrogens (tertiary/aromatic N) is 1. The Balaban J connectivity index is 1.95. The lowest BCUT2D eigenvalue weighted by Crippen LogP contribution is -2.61. The van der Waals surface area contributed by atoms with Crippen molar-refractivity contribution < 1.29 is 0 Å². The molecule has 3 nitrogen and oxygen atoms in total. The topological polar surface area (TPSA) is 47.9 Å². The molecule has 1 heterocycles. The van der Waals surface area contributed by atoms with Crippen LogP contribution in [0.5, 0.6) is 0 Å². The normalized spacial score (nSPS) is 41.4. The lowest BCUT2D eigenvalue weighted by Gasteiger charge is -2.39. The number of piperazine rings is 1. The Hall–Kier alpha value is -0.590. The molecule has 66 valence electrons. The van der Waals surface area contributed by atoms with Crippen LogP contribution in [-0.4, -0.2) is 24.7 Å². The number of fused-ring (bicyclic) bond motifs is 1. The number of rotatable bonds is 0. The van der Waals surface area contributed by atoms with Crippen LogP contribution in [0.1, 0.15) is 25.7 Å². The Morgan fingerprint density at radius 3 is 2.67 bits per heavy atom. The zero-order chi connectivity index (χ0) is 8.39. The van der Waals surface area contributed by atoms with Crippen LogP contribution >= 0.6 is 0 Å². The van der Waals surface area contributed by atoms with E-state index in [4.69, 9.17) is 5.26 Å². The molecule has 0 bridgehead atoms. The minimum absolute atomic E-state index is 0.0318. The van der Waals surface area contributed by atoms with Gasteiger partial charge in [-0.05, 0) is 12.8 Å². The second-order valence-electron chi connectivity index (χ2n) is 3.75. The van der Waals surface area contributed by atoms with Gasteiger partial charge in [-0.3, -0.25) is 5.32 Å². The van der Waals surface area contributed by atoms with E-state index in [-0.39, 0.29) is 6.04 Å². The first-order chi connectivity index (χ1) is 5.90. The van der Waals surface area contributed by atoms with E-state index in [1.807, 2.05) is 0 Å². The first-order valence-electron chi connectivity index (χ1n) is 4.79. The van der Waals surface area contributed by atoms with Gasteiger partial charge in [-0.15, -0.1) is 0 Å². The van der Waals surface area contributed by atoms with E-state index in [1.165, 1.54) is 25.7 Å². The van der Waals surface area contributed by atoms with Crippen LogP contribution in [0.15, 0.2) is 0 Å². The molecule has 0 unspecified atom stereocenters. The molecule has 2 aliphatic rings. The van der Waals surface area contributed by atoms with E-state index in [9.17, 15) is 0 Å². The lowest BCUT2D eigenvalue weighted by molar-refractivity contribution is 0.231. The Morgan fingerprint density at radius 1 is 1.17 bits per heavy atom. The van der Waals surface area contributed by atoms with Crippen molar-refractivity contribution in [1.82, 2.24) is 10.6 Å². The first-order valence-corrected chi connectivity index (χ1v) is 4.79. The number of nitrogens with one attached hydrogen (secondary N) is 2. The molecule has 1 saturated heterocycles. The van der Waals surface area contributed by atoms with E-state index < -0.39 is 0 Å². The van der Waals surface area contributed by atoms with Crippen molar-refractivity contribution in [1.29, 1.82) is 5.26 Å². The van der Waals surface area contributed by atoms with Gasteiger partial charge in [0.2, 0.25) is 0 Å². The molecular formula is C9H15N3. The largest absolute Gasteiger partial charge is 0.310 e. The molecule has 3 atom stereocenters. The summed E-state index contributed by atoms with van der Waals surface area (Å²) < 4.78 is 0. The van der Waals surface area contributed by atoms with Gasteiger partial charge < -0.3 is 5.32 Å². The summed E-state index contributed by atoms with van der Waals surface area (Å²) in [6.07, 6.45) is 5.16. The average molecular weight is 165 g/mol. The maximum absolute atomic E-state index is 8.73. The van der Waals surface area contributed by atoms with Crippen molar-refractivity contribution in [2.24, 2.45) is 0 Å². The van der Waals surface area contributed by atoms with Crippen LogP contribution in [0.4, 0.5) is 0 Å². The second-order valence-corrected chi connectivity index (χ2v) is 3.75. The zero-order valence-corrected chi connectivity index (χ0v) is 7.21. The van der Waals surface area contributed by atoms with E-state index in [1.54, 1.807) is 0 Å². The van der Waals surface area contributed by atoms with E-state index in [0.717, 1.165) is 6.54 Å². The third-order valence-corrected chi connectivity index (χ3v) is 2.92. The number of hydrogen-bond donors (Lipinski definition) is 2. The summed E-state index contributed by atoms with van der Waals surface area (Å²) in [6.45, 7) is 0.817. The van der Waals surface area contributed by atoms with Crippen molar-refractivity contribution in [3.8, 4) is 6.07 Å². The highest BCUT2D eigenvalue weighted by molar-refractivity contribution is 5.02. The predicted molar refractivity (Wildman–Crippen MR) is 46.6 cm³/mol. The maximum atomic E-state index is 8.73. The molecule has 0 radical (unpaired) electrons. The summed E-state index contributed by atoms with van der Waals surface area (Å²) in [6, 6.07) is 3.48. The highest BCUT2D eigenvalue weighted by atomic mass is 15.1. The average Bonchev–Trinajstić information content (AvgIpc) is 2.17. The van der Waals surface area contributed by atoms with Gasteiger partial charge in [0.25, 0.3) is 0 Å². The standard InChI is InChI=1S/C9H15N3/c10-5-7-6-11-8-3-1-2-4-9(8)12-7/h7-9,11-12H,1-4,6H2/t7-,8+,9+/m0/s1. The summed E-state index contributed by atoms with van der Waals surface area (Å²) in [5.74, 6) is 0. The molecule has 1 saturated carbocycles. The molecule has 0 spiro atoms. The number of nitriles is 1. The minimum atomic E-state index is 0.0318. The SMILES string of the molecule is N#C[C@H]1CN[C@@H]2CCCC[C@H]2N1. The summed E-state index contributed by atoms with van der Waals surface area (Å²) in [7, 11) is 0. The van der Waals surface area contributed by atoms with E-state index in [2.05, 4.69) is 16.7 Å². The van der Waals surface area contributed by atoms with Crippen LogP contribution in [-0.2, 0) is 0 Å². The summed E-state index contributed by atoms with van der Waals surface area (Å²) in [5.41, 5.74) is 0. The van der Waals surface area contributed by atoms with Gasteiger partial charge in [0, 0.05) is 18.6 Å². The third kappa shape index (κ3) is 1.45. The van der Waals surface area contributed by atoms with Crippen LogP contribution in [0.2, 0.25) is 0 Å². The fourth-order valence-corrected chi connectivity index (χ4v) is 2.24. The molecule has 0 aromatic heterocycles. The Kier molecular flexibility index (Phi) is 2.29. The summed E-state index contributed by atoms with van der Waals surface area (Å²) in [4.78, 5) is 0. The van der Waals surface area contributed by atoms with Gasteiger partial charge in [-0.25, -0.2) is 0 Å². The van der Waals surface area contributed by atoms with Gasteiger partial charge in [-0.2, -0.15) is 5.26 Å². The molecule has 0 aromatic rings. The molecule has 2 fully saturated rings. The molecular weight excluding hydrogens is 150 g/mol. The van der Waals surface area contributed by atoms with Crippen molar-refractivity contribution >= 4 is 0 Å². The fourth-order valence-electron chi connectivity index (χ4n) is 2.24. The van der Waals surface area contributed by atoms with Crippen molar-refractivity contribution in [2.75, 3.05) is 6.54 Å². The van der Waals surface area contributed by atoms with Crippen molar-refractivity contribution in [3.63, 3.8) is 0 Å². The lowest BCUT2D eigenvalue weighted by atomic mass is 9.88. The van der Waals surface area contributed by atoms with Crippen LogP contribution < -0.4 is 10.6 Å². The molecule has 0 aromatic carbocycles. The minimum Gasteiger partial charge on any atom is -0.310 e.